The van der Waals surface area contributed by atoms with Crippen molar-refractivity contribution < 1.29 is 9.90 Å². The van der Waals surface area contributed by atoms with E-state index in [2.05, 4.69) is 5.32 Å². The molecule has 0 rings (SSSR count). The normalized spacial score (nSPS) is 16.0. The molecule has 1 unspecified atom stereocenters. The summed E-state index contributed by atoms with van der Waals surface area (Å²) in [5.74, 6) is -0.0156. The summed E-state index contributed by atoms with van der Waals surface area (Å²) < 4.78 is 0. The van der Waals surface area contributed by atoms with E-state index in [1.54, 1.807) is 0 Å². The SMILES string of the molecule is CC(C)[C@@H](N)C(=O)NC(CCO)C(C)(C)C. The second-order valence-electron chi connectivity index (χ2n) is 5.71. The van der Waals surface area contributed by atoms with Crippen LogP contribution in [0.2, 0.25) is 0 Å². The van der Waals surface area contributed by atoms with E-state index in [4.69, 9.17) is 10.8 Å². The number of amides is 1. The Morgan fingerprint density at radius 2 is 1.88 bits per heavy atom. The van der Waals surface area contributed by atoms with Gasteiger partial charge in [0.15, 0.2) is 0 Å². The van der Waals surface area contributed by atoms with Crippen LogP contribution in [0.1, 0.15) is 41.0 Å². The van der Waals surface area contributed by atoms with Crippen molar-refractivity contribution in [3.63, 3.8) is 0 Å². The van der Waals surface area contributed by atoms with Crippen molar-refractivity contribution in [2.45, 2.75) is 53.1 Å². The molecule has 96 valence electrons. The van der Waals surface area contributed by atoms with E-state index in [1.807, 2.05) is 34.6 Å². The largest absolute Gasteiger partial charge is 0.396 e. The molecule has 0 aromatic carbocycles. The number of hydrogen-bond acceptors (Lipinski definition) is 3. The number of nitrogens with two attached hydrogens (primary N) is 1. The summed E-state index contributed by atoms with van der Waals surface area (Å²) in [5, 5.41) is 11.9. The Hall–Kier alpha value is -0.610. The van der Waals surface area contributed by atoms with Crippen molar-refractivity contribution in [1.82, 2.24) is 5.32 Å². The van der Waals surface area contributed by atoms with Gasteiger partial charge in [-0.3, -0.25) is 4.79 Å². The van der Waals surface area contributed by atoms with Crippen LogP contribution in [0, 0.1) is 11.3 Å². The molecule has 0 saturated heterocycles. The van der Waals surface area contributed by atoms with E-state index >= 15 is 0 Å². The maximum atomic E-state index is 11.8. The first-order valence-electron chi connectivity index (χ1n) is 5.87. The van der Waals surface area contributed by atoms with E-state index in [9.17, 15) is 4.79 Å². The molecule has 0 fully saturated rings. The minimum atomic E-state index is -0.483. The first-order chi connectivity index (χ1) is 7.20. The van der Waals surface area contributed by atoms with Crippen molar-refractivity contribution in [3.05, 3.63) is 0 Å². The Morgan fingerprint density at radius 3 is 2.19 bits per heavy atom. The van der Waals surface area contributed by atoms with Crippen LogP contribution in [-0.2, 0) is 4.79 Å². The van der Waals surface area contributed by atoms with Gasteiger partial charge in [-0.25, -0.2) is 0 Å². The molecule has 4 nitrogen and oxygen atoms in total. The lowest BCUT2D eigenvalue weighted by atomic mass is 9.84. The number of hydrogen-bond donors (Lipinski definition) is 3. The number of aliphatic hydroxyl groups is 1. The number of nitrogens with one attached hydrogen (secondary N) is 1. The average Bonchev–Trinajstić information content (AvgIpc) is 2.14. The van der Waals surface area contributed by atoms with Crippen LogP contribution in [0.5, 0.6) is 0 Å². The van der Waals surface area contributed by atoms with E-state index in [0.29, 0.717) is 6.42 Å². The fourth-order valence-electron chi connectivity index (χ4n) is 1.42. The highest BCUT2D eigenvalue weighted by molar-refractivity contribution is 5.82. The van der Waals surface area contributed by atoms with Crippen LogP contribution in [-0.4, -0.2) is 29.7 Å². The fourth-order valence-corrected chi connectivity index (χ4v) is 1.42. The molecule has 0 saturated carbocycles. The maximum absolute atomic E-state index is 11.8. The molecular formula is C12H26N2O2. The molecule has 1 amide bonds. The van der Waals surface area contributed by atoms with Crippen LogP contribution < -0.4 is 11.1 Å². The number of aliphatic hydroxyl groups excluding tert-OH is 1. The Bertz CT molecular complexity index is 222. The standard InChI is InChI=1S/C12H26N2O2/c1-8(2)10(13)11(16)14-9(6-7-15)12(3,4)5/h8-10,15H,6-7,13H2,1-5H3,(H,14,16)/t9?,10-/m1/s1. The van der Waals surface area contributed by atoms with Gasteiger partial charge in [-0.2, -0.15) is 0 Å². The molecule has 0 radical (unpaired) electrons. The molecule has 4 N–H and O–H groups in total. The van der Waals surface area contributed by atoms with E-state index in [-0.39, 0.29) is 29.9 Å². The van der Waals surface area contributed by atoms with Crippen molar-refractivity contribution in [2.75, 3.05) is 6.61 Å². The average molecular weight is 230 g/mol. The molecule has 2 atom stereocenters. The maximum Gasteiger partial charge on any atom is 0.237 e. The first-order valence-corrected chi connectivity index (χ1v) is 5.87. The lowest BCUT2D eigenvalue weighted by molar-refractivity contribution is -0.124. The summed E-state index contributed by atoms with van der Waals surface area (Å²) in [6.07, 6.45) is 0.556. The summed E-state index contributed by atoms with van der Waals surface area (Å²) in [5.41, 5.74) is 5.70. The van der Waals surface area contributed by atoms with Gasteiger partial charge >= 0.3 is 0 Å². The number of carbonyl (C=O) groups is 1. The smallest absolute Gasteiger partial charge is 0.237 e. The van der Waals surface area contributed by atoms with Gasteiger partial charge in [-0.05, 0) is 17.8 Å². The summed E-state index contributed by atoms with van der Waals surface area (Å²) in [6, 6.07) is -0.529. The van der Waals surface area contributed by atoms with E-state index < -0.39 is 6.04 Å². The topological polar surface area (TPSA) is 75.4 Å². The molecule has 0 heterocycles. The summed E-state index contributed by atoms with van der Waals surface area (Å²) in [4.78, 5) is 11.8. The monoisotopic (exact) mass is 230 g/mol. The van der Waals surface area contributed by atoms with Crippen molar-refractivity contribution in [1.29, 1.82) is 0 Å². The van der Waals surface area contributed by atoms with Crippen LogP contribution in [0.15, 0.2) is 0 Å². The van der Waals surface area contributed by atoms with Gasteiger partial charge in [0.1, 0.15) is 0 Å². The Morgan fingerprint density at radius 1 is 1.38 bits per heavy atom. The Kier molecular flexibility index (Phi) is 5.97. The van der Waals surface area contributed by atoms with Crippen molar-refractivity contribution >= 4 is 5.91 Å². The highest BCUT2D eigenvalue weighted by Crippen LogP contribution is 2.21. The second-order valence-corrected chi connectivity index (χ2v) is 5.71. The predicted octanol–water partition coefficient (Wildman–Crippen LogP) is 0.883. The van der Waals surface area contributed by atoms with Crippen molar-refractivity contribution in [3.8, 4) is 0 Å². The lowest BCUT2D eigenvalue weighted by Crippen LogP contribution is -2.51. The Balaban J connectivity index is 4.46. The van der Waals surface area contributed by atoms with Gasteiger partial charge in [0, 0.05) is 12.6 Å². The first kappa shape index (κ1) is 15.4. The third-order valence-electron chi connectivity index (χ3n) is 2.80. The molecule has 0 aromatic rings. The quantitative estimate of drug-likeness (QED) is 0.656. The zero-order chi connectivity index (χ0) is 12.9. The molecule has 0 spiro atoms. The van der Waals surface area contributed by atoms with Crippen molar-refractivity contribution in [2.24, 2.45) is 17.1 Å². The second kappa shape index (κ2) is 6.21. The third kappa shape index (κ3) is 4.94. The van der Waals surface area contributed by atoms with E-state index in [0.717, 1.165) is 0 Å². The molecular weight excluding hydrogens is 204 g/mol. The summed E-state index contributed by atoms with van der Waals surface area (Å²) in [7, 11) is 0. The minimum Gasteiger partial charge on any atom is -0.396 e. The molecule has 0 aromatic heterocycles. The summed E-state index contributed by atoms with van der Waals surface area (Å²) >= 11 is 0. The van der Waals surface area contributed by atoms with Crippen LogP contribution in [0.25, 0.3) is 0 Å². The van der Waals surface area contributed by atoms with Gasteiger partial charge in [-0.1, -0.05) is 34.6 Å². The van der Waals surface area contributed by atoms with Gasteiger partial charge < -0.3 is 16.2 Å². The molecule has 0 aliphatic heterocycles. The predicted molar refractivity (Wildman–Crippen MR) is 65.9 cm³/mol. The fraction of sp³-hybridized carbons (Fsp3) is 0.917. The molecule has 0 aliphatic carbocycles. The summed E-state index contributed by atoms with van der Waals surface area (Å²) in [6.45, 7) is 10.0. The highest BCUT2D eigenvalue weighted by atomic mass is 16.3. The van der Waals surface area contributed by atoms with Gasteiger partial charge in [0.25, 0.3) is 0 Å². The molecule has 4 heteroatoms. The van der Waals surface area contributed by atoms with Crippen LogP contribution in [0.4, 0.5) is 0 Å². The molecule has 0 bridgehead atoms. The van der Waals surface area contributed by atoms with E-state index in [1.165, 1.54) is 0 Å². The highest BCUT2D eigenvalue weighted by Gasteiger charge is 2.28. The zero-order valence-corrected chi connectivity index (χ0v) is 11.1. The van der Waals surface area contributed by atoms with Crippen LogP contribution >= 0.6 is 0 Å². The Labute approximate surface area is 98.6 Å². The molecule has 0 aliphatic rings. The zero-order valence-electron chi connectivity index (χ0n) is 11.1. The van der Waals surface area contributed by atoms with Gasteiger partial charge in [0.2, 0.25) is 5.91 Å². The number of rotatable bonds is 5. The number of carbonyl (C=O) groups excluding carboxylic acids is 1. The van der Waals surface area contributed by atoms with Gasteiger partial charge in [0.05, 0.1) is 6.04 Å². The lowest BCUT2D eigenvalue weighted by Gasteiger charge is -2.32. The van der Waals surface area contributed by atoms with Gasteiger partial charge in [-0.15, -0.1) is 0 Å². The minimum absolute atomic E-state index is 0.0465. The molecule has 16 heavy (non-hydrogen) atoms. The van der Waals surface area contributed by atoms with Crippen LogP contribution in [0.3, 0.4) is 0 Å². The third-order valence-corrected chi connectivity index (χ3v) is 2.80.